The minimum absolute atomic E-state index is 0.225. The zero-order valence-corrected chi connectivity index (χ0v) is 14.4. The molecule has 0 aromatic rings. The lowest BCUT2D eigenvalue weighted by Crippen LogP contribution is -2.39. The summed E-state index contributed by atoms with van der Waals surface area (Å²) in [5.74, 6) is -0.484. The van der Waals surface area contributed by atoms with E-state index in [1.807, 2.05) is 4.90 Å². The number of thioether (sulfide) groups is 1. The summed E-state index contributed by atoms with van der Waals surface area (Å²) < 4.78 is 10.4. The molecule has 1 heterocycles. The summed E-state index contributed by atoms with van der Waals surface area (Å²) in [6.07, 6.45) is 2.15. The standard InChI is InChI=1S/C14H23NO4S2/c1-4-18-12(16)11(13(17)19-5-2)21-14(20)15-8-6-10(3)7-9-15/h10-11H,4-9H2,1-3H3. The van der Waals surface area contributed by atoms with Crippen LogP contribution in [-0.2, 0) is 19.1 Å². The number of hydrogen-bond acceptors (Lipinski definition) is 6. The SMILES string of the molecule is CCOC(=O)C(SC(=S)N1CCC(C)CC1)C(=O)OCC. The molecular weight excluding hydrogens is 310 g/mol. The van der Waals surface area contributed by atoms with Crippen molar-refractivity contribution in [3.63, 3.8) is 0 Å². The van der Waals surface area contributed by atoms with Gasteiger partial charge in [-0.15, -0.1) is 0 Å². The highest BCUT2D eigenvalue weighted by molar-refractivity contribution is 8.24. The van der Waals surface area contributed by atoms with Crippen LogP contribution in [0.25, 0.3) is 0 Å². The number of piperidine rings is 1. The van der Waals surface area contributed by atoms with Crippen LogP contribution in [0.15, 0.2) is 0 Å². The first-order chi connectivity index (χ1) is 9.99. The fraction of sp³-hybridized carbons (Fsp3) is 0.786. The molecule has 0 N–H and O–H groups in total. The van der Waals surface area contributed by atoms with E-state index in [4.69, 9.17) is 21.7 Å². The third-order valence-electron chi connectivity index (χ3n) is 3.26. The lowest BCUT2D eigenvalue weighted by Gasteiger charge is -2.32. The Morgan fingerprint density at radius 2 is 1.67 bits per heavy atom. The van der Waals surface area contributed by atoms with Crippen LogP contribution in [0, 0.1) is 5.92 Å². The predicted octanol–water partition coefficient (Wildman–Crippen LogP) is 2.23. The molecule has 1 aliphatic heterocycles. The van der Waals surface area contributed by atoms with Gasteiger partial charge in [-0.05, 0) is 32.6 Å². The molecule has 0 aromatic carbocycles. The van der Waals surface area contributed by atoms with Gasteiger partial charge in [0, 0.05) is 13.1 Å². The van der Waals surface area contributed by atoms with Gasteiger partial charge in [-0.25, -0.2) is 0 Å². The molecule has 0 aromatic heterocycles. The number of likely N-dealkylation sites (tertiary alicyclic amines) is 1. The van der Waals surface area contributed by atoms with E-state index in [1.54, 1.807) is 13.8 Å². The number of hydrogen-bond donors (Lipinski definition) is 0. The van der Waals surface area contributed by atoms with Crippen LogP contribution in [0.5, 0.6) is 0 Å². The highest BCUT2D eigenvalue weighted by atomic mass is 32.2. The number of thiocarbonyl (C=S) groups is 1. The fourth-order valence-electron chi connectivity index (χ4n) is 1.99. The largest absolute Gasteiger partial charge is 0.465 e. The van der Waals surface area contributed by atoms with Gasteiger partial charge in [0.25, 0.3) is 0 Å². The summed E-state index contributed by atoms with van der Waals surface area (Å²) >= 11 is 6.43. The molecule has 1 aliphatic rings. The van der Waals surface area contributed by atoms with Crippen LogP contribution in [0.3, 0.4) is 0 Å². The van der Waals surface area contributed by atoms with E-state index < -0.39 is 17.2 Å². The second-order valence-electron chi connectivity index (χ2n) is 4.94. The number of carbonyl (C=O) groups excluding carboxylic acids is 2. The highest BCUT2D eigenvalue weighted by Gasteiger charge is 2.33. The smallest absolute Gasteiger partial charge is 0.331 e. The molecule has 0 spiro atoms. The Bertz CT molecular complexity index is 363. The molecule has 0 radical (unpaired) electrons. The molecule has 0 aliphatic carbocycles. The molecular formula is C14H23NO4S2. The van der Waals surface area contributed by atoms with E-state index in [2.05, 4.69) is 6.92 Å². The lowest BCUT2D eigenvalue weighted by molar-refractivity contribution is -0.152. The molecule has 0 bridgehead atoms. The molecule has 0 atom stereocenters. The maximum atomic E-state index is 11.9. The molecule has 0 unspecified atom stereocenters. The summed E-state index contributed by atoms with van der Waals surface area (Å²) in [5, 5.41) is -1.03. The van der Waals surface area contributed by atoms with Crippen molar-refractivity contribution in [3.05, 3.63) is 0 Å². The molecule has 0 saturated carbocycles. The van der Waals surface area contributed by atoms with E-state index in [-0.39, 0.29) is 13.2 Å². The topological polar surface area (TPSA) is 55.8 Å². The number of ether oxygens (including phenoxy) is 2. The van der Waals surface area contributed by atoms with Crippen molar-refractivity contribution in [2.45, 2.75) is 38.9 Å². The van der Waals surface area contributed by atoms with Crippen LogP contribution in [0.4, 0.5) is 0 Å². The molecule has 120 valence electrons. The lowest BCUT2D eigenvalue weighted by atomic mass is 10.00. The summed E-state index contributed by atoms with van der Waals surface area (Å²) in [6, 6.07) is 0. The minimum Gasteiger partial charge on any atom is -0.465 e. The molecule has 7 heteroatoms. The Balaban J connectivity index is 2.64. The summed E-state index contributed by atoms with van der Waals surface area (Å²) in [4.78, 5) is 25.9. The van der Waals surface area contributed by atoms with Gasteiger partial charge >= 0.3 is 11.9 Å². The van der Waals surface area contributed by atoms with E-state index in [0.717, 1.165) is 37.7 Å². The van der Waals surface area contributed by atoms with Gasteiger partial charge in [0.15, 0.2) is 0 Å². The highest BCUT2D eigenvalue weighted by Crippen LogP contribution is 2.24. The zero-order valence-electron chi connectivity index (χ0n) is 12.8. The average molecular weight is 333 g/mol. The summed E-state index contributed by atoms with van der Waals surface area (Å²) in [5.41, 5.74) is 0. The average Bonchev–Trinajstić information content (AvgIpc) is 2.45. The number of rotatable bonds is 5. The van der Waals surface area contributed by atoms with Gasteiger partial charge in [-0.1, -0.05) is 30.9 Å². The summed E-state index contributed by atoms with van der Waals surface area (Å²) in [7, 11) is 0. The van der Waals surface area contributed by atoms with Crippen molar-refractivity contribution in [3.8, 4) is 0 Å². The summed E-state index contributed by atoms with van der Waals surface area (Å²) in [6.45, 7) is 7.81. The van der Waals surface area contributed by atoms with Crippen LogP contribution >= 0.6 is 24.0 Å². The van der Waals surface area contributed by atoms with Gasteiger partial charge in [-0.2, -0.15) is 0 Å². The fourth-order valence-corrected chi connectivity index (χ4v) is 3.33. The van der Waals surface area contributed by atoms with E-state index >= 15 is 0 Å². The number of nitrogens with zero attached hydrogens (tertiary/aromatic N) is 1. The Morgan fingerprint density at radius 1 is 1.19 bits per heavy atom. The van der Waals surface area contributed by atoms with Gasteiger partial charge in [0.05, 0.1) is 13.2 Å². The third kappa shape index (κ3) is 5.82. The molecule has 1 saturated heterocycles. The Kier molecular flexibility index (Phi) is 8.03. The van der Waals surface area contributed by atoms with Crippen molar-refractivity contribution in [2.75, 3.05) is 26.3 Å². The van der Waals surface area contributed by atoms with E-state index in [9.17, 15) is 9.59 Å². The van der Waals surface area contributed by atoms with Crippen LogP contribution in [-0.4, -0.2) is 52.7 Å². The van der Waals surface area contributed by atoms with Crippen LogP contribution < -0.4 is 0 Å². The van der Waals surface area contributed by atoms with Gasteiger partial charge in [0.1, 0.15) is 4.32 Å². The second-order valence-corrected chi connectivity index (χ2v) is 6.68. The van der Waals surface area contributed by atoms with Crippen LogP contribution in [0.1, 0.15) is 33.6 Å². The van der Waals surface area contributed by atoms with E-state index in [0.29, 0.717) is 10.2 Å². The second kappa shape index (κ2) is 9.25. The van der Waals surface area contributed by atoms with Crippen LogP contribution in [0.2, 0.25) is 0 Å². The molecule has 1 fully saturated rings. The van der Waals surface area contributed by atoms with Crippen molar-refractivity contribution >= 4 is 40.2 Å². The maximum Gasteiger partial charge on any atom is 0.331 e. The molecule has 5 nitrogen and oxygen atoms in total. The predicted molar refractivity (Wildman–Crippen MR) is 87.2 cm³/mol. The van der Waals surface area contributed by atoms with Crippen molar-refractivity contribution < 1.29 is 19.1 Å². The monoisotopic (exact) mass is 333 g/mol. The Hall–Kier alpha value is -0.820. The van der Waals surface area contributed by atoms with Gasteiger partial charge in [0.2, 0.25) is 5.25 Å². The third-order valence-corrected chi connectivity index (χ3v) is 4.89. The minimum atomic E-state index is -1.03. The van der Waals surface area contributed by atoms with Crippen molar-refractivity contribution in [1.82, 2.24) is 4.90 Å². The van der Waals surface area contributed by atoms with Gasteiger partial charge in [-0.3, -0.25) is 9.59 Å². The maximum absolute atomic E-state index is 11.9. The normalized spacial score (nSPS) is 15.9. The Labute approximate surface area is 135 Å². The first kappa shape index (κ1) is 18.2. The number of carbonyl (C=O) groups is 2. The first-order valence-electron chi connectivity index (χ1n) is 7.28. The first-order valence-corrected chi connectivity index (χ1v) is 8.57. The number of esters is 2. The zero-order chi connectivity index (χ0) is 15.8. The van der Waals surface area contributed by atoms with Crippen molar-refractivity contribution in [1.29, 1.82) is 0 Å². The molecule has 0 amide bonds. The van der Waals surface area contributed by atoms with Gasteiger partial charge < -0.3 is 14.4 Å². The molecule has 1 rings (SSSR count). The van der Waals surface area contributed by atoms with Crippen molar-refractivity contribution in [2.24, 2.45) is 5.92 Å². The quantitative estimate of drug-likeness (QED) is 0.434. The van der Waals surface area contributed by atoms with E-state index in [1.165, 1.54) is 0 Å². The molecule has 21 heavy (non-hydrogen) atoms. The Morgan fingerprint density at radius 3 is 2.10 bits per heavy atom.